The molecule has 2 amide bonds. The van der Waals surface area contributed by atoms with Gasteiger partial charge in [-0.15, -0.1) is 0 Å². The number of anilines is 2. The zero-order valence-corrected chi connectivity index (χ0v) is 22.2. The summed E-state index contributed by atoms with van der Waals surface area (Å²) in [7, 11) is 0. The predicted molar refractivity (Wildman–Crippen MR) is 150 cm³/mol. The summed E-state index contributed by atoms with van der Waals surface area (Å²) >= 11 is 3.63. The third-order valence-corrected chi connectivity index (χ3v) is 6.99. The lowest BCUT2D eigenvalue weighted by Crippen LogP contribution is -2.24. The molecule has 0 saturated heterocycles. The van der Waals surface area contributed by atoms with Crippen LogP contribution in [0.2, 0.25) is 0 Å². The van der Waals surface area contributed by atoms with Crippen LogP contribution in [0.5, 0.6) is 11.5 Å². The molecule has 0 unspecified atom stereocenters. The number of carbonyl (C=O) groups excluding carboxylic acids is 2. The van der Waals surface area contributed by atoms with Crippen LogP contribution >= 0.6 is 15.9 Å². The molecule has 0 saturated carbocycles. The van der Waals surface area contributed by atoms with E-state index >= 15 is 0 Å². The van der Waals surface area contributed by atoms with Gasteiger partial charge in [0, 0.05) is 23.7 Å². The first-order valence-electron chi connectivity index (χ1n) is 12.2. The summed E-state index contributed by atoms with van der Waals surface area (Å²) in [4.78, 5) is 25.2. The van der Waals surface area contributed by atoms with Crippen molar-refractivity contribution in [2.24, 2.45) is 0 Å². The van der Waals surface area contributed by atoms with E-state index in [-0.39, 0.29) is 24.3 Å². The van der Waals surface area contributed by atoms with Gasteiger partial charge in [0.25, 0.3) is 5.91 Å². The summed E-state index contributed by atoms with van der Waals surface area (Å²) in [6.45, 7) is 4.13. The number of hydrogen-bond acceptors (Lipinski definition) is 4. The Kier molecular flexibility index (Phi) is 7.15. The molecule has 5 rings (SSSR count). The molecular weight excluding hydrogens is 532 g/mol. The van der Waals surface area contributed by atoms with Gasteiger partial charge in [0.2, 0.25) is 5.91 Å². The normalized spacial score (nSPS) is 14.6. The number of rotatable bonds is 7. The van der Waals surface area contributed by atoms with Gasteiger partial charge in [-0.1, -0.05) is 48.0 Å². The second kappa shape index (κ2) is 10.6. The molecule has 188 valence electrons. The largest absolute Gasteiger partial charge is 0.490 e. The van der Waals surface area contributed by atoms with E-state index in [1.54, 1.807) is 0 Å². The summed E-state index contributed by atoms with van der Waals surface area (Å²) < 4.78 is 12.5. The lowest BCUT2D eigenvalue weighted by atomic mass is 9.82. The zero-order valence-electron chi connectivity index (χ0n) is 20.6. The van der Waals surface area contributed by atoms with Gasteiger partial charge < -0.3 is 20.1 Å². The maximum atomic E-state index is 12.6. The van der Waals surface area contributed by atoms with E-state index in [1.165, 1.54) is 0 Å². The van der Waals surface area contributed by atoms with Gasteiger partial charge in [-0.3, -0.25) is 9.59 Å². The van der Waals surface area contributed by atoms with Crippen LogP contribution in [0, 0.1) is 6.92 Å². The quantitative estimate of drug-likeness (QED) is 0.261. The third-order valence-electron chi connectivity index (χ3n) is 6.40. The summed E-state index contributed by atoms with van der Waals surface area (Å²) in [5.41, 5.74) is 4.66. The van der Waals surface area contributed by atoms with Crippen molar-refractivity contribution < 1.29 is 19.1 Å². The molecule has 7 heteroatoms. The maximum absolute atomic E-state index is 12.6. The molecule has 6 nitrogen and oxygen atoms in total. The Balaban J connectivity index is 1.45. The predicted octanol–water partition coefficient (Wildman–Crippen LogP) is 6.80. The number of ether oxygens (including phenoxy) is 2. The number of nitrogens with one attached hydrogen (secondary N) is 2. The summed E-state index contributed by atoms with van der Waals surface area (Å²) in [5.74, 6) is 0.497. The minimum absolute atomic E-state index is 0.0324. The molecule has 1 aliphatic heterocycles. The van der Waals surface area contributed by atoms with Gasteiger partial charge in [0.1, 0.15) is 0 Å². The van der Waals surface area contributed by atoms with Gasteiger partial charge in [0.15, 0.2) is 18.1 Å². The first-order valence-corrected chi connectivity index (χ1v) is 13.0. The van der Waals surface area contributed by atoms with Crippen molar-refractivity contribution in [1.29, 1.82) is 0 Å². The standard InChI is InChI=1S/C30H27BrN2O4/c1-3-36-26-15-20(14-24(31)30(26)37-17-28(35)32-21-11-8-18(2)9-12-21)23-16-27(34)33-25-13-10-19-6-4-5-7-22(19)29(23)25/h4-15,23H,3,16-17H2,1-2H3,(H,32,35)(H,33,34)/t23-/m0/s1. The summed E-state index contributed by atoms with van der Waals surface area (Å²) in [6, 6.07) is 23.6. The van der Waals surface area contributed by atoms with E-state index in [0.29, 0.717) is 34.7 Å². The highest BCUT2D eigenvalue weighted by Gasteiger charge is 2.30. The van der Waals surface area contributed by atoms with Crippen LogP contribution in [0.15, 0.2) is 77.3 Å². The number of aryl methyl sites for hydroxylation is 1. The molecule has 37 heavy (non-hydrogen) atoms. The maximum Gasteiger partial charge on any atom is 0.262 e. The van der Waals surface area contributed by atoms with E-state index in [9.17, 15) is 9.59 Å². The van der Waals surface area contributed by atoms with E-state index in [0.717, 1.165) is 33.2 Å². The van der Waals surface area contributed by atoms with Crippen molar-refractivity contribution in [2.75, 3.05) is 23.8 Å². The molecule has 0 bridgehead atoms. The van der Waals surface area contributed by atoms with Crippen LogP contribution in [0.25, 0.3) is 10.8 Å². The first kappa shape index (κ1) is 24.8. The number of amides is 2. The topological polar surface area (TPSA) is 76.7 Å². The lowest BCUT2D eigenvalue weighted by molar-refractivity contribution is -0.118. The smallest absolute Gasteiger partial charge is 0.262 e. The van der Waals surface area contributed by atoms with Gasteiger partial charge >= 0.3 is 0 Å². The minimum atomic E-state index is -0.272. The van der Waals surface area contributed by atoms with E-state index < -0.39 is 0 Å². The molecule has 4 aromatic rings. The average molecular weight is 559 g/mol. The van der Waals surface area contributed by atoms with Crippen LogP contribution in [-0.2, 0) is 9.59 Å². The highest BCUT2D eigenvalue weighted by Crippen LogP contribution is 2.45. The highest BCUT2D eigenvalue weighted by molar-refractivity contribution is 9.10. The van der Waals surface area contributed by atoms with Gasteiger partial charge in [-0.05, 0) is 82.0 Å². The van der Waals surface area contributed by atoms with Crippen LogP contribution in [0.4, 0.5) is 11.4 Å². The monoisotopic (exact) mass is 558 g/mol. The summed E-state index contributed by atoms with van der Waals surface area (Å²) in [5, 5.41) is 8.08. The fourth-order valence-electron chi connectivity index (χ4n) is 4.72. The Morgan fingerprint density at radius 1 is 1.05 bits per heavy atom. The Labute approximate surface area is 224 Å². The average Bonchev–Trinajstić information content (AvgIpc) is 2.89. The second-order valence-corrected chi connectivity index (χ2v) is 9.87. The van der Waals surface area contributed by atoms with Crippen LogP contribution in [-0.4, -0.2) is 25.0 Å². The molecule has 0 radical (unpaired) electrons. The van der Waals surface area contributed by atoms with Crippen molar-refractivity contribution in [3.8, 4) is 11.5 Å². The SMILES string of the molecule is CCOc1cc([C@@H]2CC(=O)Nc3ccc4ccccc4c32)cc(Br)c1OCC(=O)Nc1ccc(C)cc1. The fourth-order valence-corrected chi connectivity index (χ4v) is 5.29. The molecule has 1 atom stereocenters. The Bertz CT molecular complexity index is 1480. The molecular formula is C30H27BrN2O4. The third kappa shape index (κ3) is 5.32. The Morgan fingerprint density at radius 2 is 1.84 bits per heavy atom. The summed E-state index contributed by atoms with van der Waals surface area (Å²) in [6.07, 6.45) is 0.318. The van der Waals surface area contributed by atoms with Crippen molar-refractivity contribution in [2.45, 2.75) is 26.2 Å². The molecule has 0 aliphatic carbocycles. The minimum Gasteiger partial charge on any atom is -0.490 e. The lowest BCUT2D eigenvalue weighted by Gasteiger charge is -2.28. The molecule has 0 spiro atoms. The molecule has 1 aliphatic rings. The number of halogens is 1. The highest BCUT2D eigenvalue weighted by atomic mass is 79.9. The van der Waals surface area contributed by atoms with Crippen molar-refractivity contribution >= 4 is 49.9 Å². The zero-order chi connectivity index (χ0) is 25.9. The molecule has 0 aromatic heterocycles. The molecule has 2 N–H and O–H groups in total. The van der Waals surface area contributed by atoms with Crippen molar-refractivity contribution in [3.63, 3.8) is 0 Å². The van der Waals surface area contributed by atoms with Crippen molar-refractivity contribution in [1.82, 2.24) is 0 Å². The molecule has 4 aromatic carbocycles. The molecule has 1 heterocycles. The van der Waals surface area contributed by atoms with Crippen LogP contribution < -0.4 is 20.1 Å². The van der Waals surface area contributed by atoms with Gasteiger partial charge in [0.05, 0.1) is 11.1 Å². The van der Waals surface area contributed by atoms with E-state index in [4.69, 9.17) is 9.47 Å². The van der Waals surface area contributed by atoms with Crippen LogP contribution in [0.3, 0.4) is 0 Å². The second-order valence-electron chi connectivity index (χ2n) is 9.02. The Hall–Kier alpha value is -3.84. The van der Waals surface area contributed by atoms with Gasteiger partial charge in [-0.25, -0.2) is 0 Å². The number of benzene rings is 4. The number of hydrogen-bond donors (Lipinski definition) is 2. The number of carbonyl (C=O) groups is 2. The number of fused-ring (bicyclic) bond motifs is 3. The Morgan fingerprint density at radius 3 is 2.62 bits per heavy atom. The van der Waals surface area contributed by atoms with Crippen molar-refractivity contribution in [3.05, 3.63) is 94.0 Å². The first-order chi connectivity index (χ1) is 17.9. The van der Waals surface area contributed by atoms with E-state index in [2.05, 4.69) is 38.7 Å². The van der Waals surface area contributed by atoms with Crippen LogP contribution in [0.1, 0.15) is 36.0 Å². The fraction of sp³-hybridized carbons (Fsp3) is 0.200. The molecule has 0 fully saturated rings. The van der Waals surface area contributed by atoms with E-state index in [1.807, 2.05) is 74.5 Å². The van der Waals surface area contributed by atoms with Gasteiger partial charge in [-0.2, -0.15) is 0 Å².